The van der Waals surface area contributed by atoms with Gasteiger partial charge >= 0.3 is 5.97 Å². The largest absolute Gasteiger partial charge is 0.461 e. The molecular formula is C16H22ClNO3. The van der Waals surface area contributed by atoms with Gasteiger partial charge in [0.05, 0.1) is 0 Å². The third-order valence-corrected chi connectivity index (χ3v) is 3.39. The summed E-state index contributed by atoms with van der Waals surface area (Å²) in [6, 6.07) is 3.54. The third kappa shape index (κ3) is 5.76. The van der Waals surface area contributed by atoms with E-state index in [0.717, 1.165) is 24.0 Å². The molecule has 0 aliphatic rings. The van der Waals surface area contributed by atoms with Crippen LogP contribution in [0.4, 0.5) is 5.69 Å². The molecule has 0 saturated heterocycles. The molecule has 0 aromatic heterocycles. The zero-order valence-electron chi connectivity index (χ0n) is 12.8. The first kappa shape index (κ1) is 17.5. The molecule has 0 unspecified atom stereocenters. The number of nitrogens with one attached hydrogen (secondary N) is 1. The molecule has 1 amide bonds. The molecule has 0 bridgehead atoms. The highest BCUT2D eigenvalue weighted by molar-refractivity contribution is 6.31. The van der Waals surface area contributed by atoms with Crippen LogP contribution < -0.4 is 5.32 Å². The Hall–Kier alpha value is -1.55. The molecule has 116 valence electrons. The molecule has 0 aliphatic carbocycles. The average molecular weight is 312 g/mol. The highest BCUT2D eigenvalue weighted by atomic mass is 35.5. The molecule has 0 spiro atoms. The van der Waals surface area contributed by atoms with Crippen molar-refractivity contribution in [2.75, 3.05) is 5.32 Å². The van der Waals surface area contributed by atoms with Gasteiger partial charge in [0.2, 0.25) is 5.91 Å². The second-order valence-electron chi connectivity index (χ2n) is 4.97. The molecule has 1 aromatic carbocycles. The highest BCUT2D eigenvalue weighted by Crippen LogP contribution is 2.26. The lowest BCUT2D eigenvalue weighted by Gasteiger charge is -2.13. The Balaban J connectivity index is 2.86. The molecule has 4 nitrogen and oxygen atoms in total. The quantitative estimate of drug-likeness (QED) is 0.767. The van der Waals surface area contributed by atoms with Gasteiger partial charge < -0.3 is 10.1 Å². The zero-order valence-corrected chi connectivity index (χ0v) is 13.5. The molecule has 1 N–H and O–H groups in total. The Kier molecular flexibility index (Phi) is 7.23. The maximum atomic E-state index is 11.7. The number of rotatable bonds is 7. The van der Waals surface area contributed by atoms with Crippen molar-refractivity contribution in [1.82, 2.24) is 0 Å². The van der Waals surface area contributed by atoms with Crippen molar-refractivity contribution in [2.24, 2.45) is 0 Å². The van der Waals surface area contributed by atoms with Crippen molar-refractivity contribution in [2.45, 2.75) is 53.1 Å². The van der Waals surface area contributed by atoms with Gasteiger partial charge in [0.15, 0.2) is 0 Å². The number of aryl methyl sites for hydroxylation is 1. The number of carbonyl (C=O) groups excluding carboxylic acids is 2. The minimum absolute atomic E-state index is 0.0708. The minimum Gasteiger partial charge on any atom is -0.461 e. The predicted molar refractivity (Wildman–Crippen MR) is 84.4 cm³/mol. The molecule has 0 saturated carbocycles. The predicted octanol–water partition coefficient (Wildman–Crippen LogP) is 4.23. The van der Waals surface area contributed by atoms with Gasteiger partial charge in [-0.05, 0) is 37.5 Å². The molecule has 1 rings (SSSR count). The maximum Gasteiger partial charge on any atom is 0.306 e. The van der Waals surface area contributed by atoms with Crippen LogP contribution in [-0.4, -0.2) is 11.9 Å². The summed E-state index contributed by atoms with van der Waals surface area (Å²) in [7, 11) is 0. The van der Waals surface area contributed by atoms with Crippen LogP contribution in [0.2, 0.25) is 5.02 Å². The van der Waals surface area contributed by atoms with E-state index in [9.17, 15) is 9.59 Å². The van der Waals surface area contributed by atoms with Gasteiger partial charge in [-0.25, -0.2) is 0 Å². The van der Waals surface area contributed by atoms with Crippen LogP contribution in [0.25, 0.3) is 0 Å². The summed E-state index contributed by atoms with van der Waals surface area (Å²) in [4.78, 5) is 23.2. The van der Waals surface area contributed by atoms with Gasteiger partial charge in [-0.2, -0.15) is 0 Å². The molecule has 0 aliphatic heterocycles. The zero-order chi connectivity index (χ0) is 15.8. The van der Waals surface area contributed by atoms with Crippen LogP contribution in [0.15, 0.2) is 12.1 Å². The van der Waals surface area contributed by atoms with Crippen molar-refractivity contribution < 1.29 is 14.3 Å². The van der Waals surface area contributed by atoms with Gasteiger partial charge in [0, 0.05) is 29.1 Å². The number of amides is 1. The summed E-state index contributed by atoms with van der Waals surface area (Å²) < 4.78 is 5.21. The Bertz CT molecular complexity index is 514. The van der Waals surface area contributed by atoms with E-state index in [0.29, 0.717) is 23.6 Å². The lowest BCUT2D eigenvalue weighted by atomic mass is 10.1. The molecule has 0 heterocycles. The molecule has 0 fully saturated rings. The maximum absolute atomic E-state index is 11.7. The van der Waals surface area contributed by atoms with Crippen molar-refractivity contribution >= 4 is 29.2 Å². The third-order valence-electron chi connectivity index (χ3n) is 2.98. The SMILES string of the molecule is CCCC(=O)Nc1cc(Cl)c(C)cc1COC(=O)CCC. The van der Waals surface area contributed by atoms with Crippen LogP contribution in [-0.2, 0) is 20.9 Å². The standard InChI is InChI=1S/C16H22ClNO3/c1-4-6-15(19)18-14-9-13(17)11(3)8-12(14)10-21-16(20)7-5-2/h8-9H,4-7,10H2,1-3H3,(H,18,19). The van der Waals surface area contributed by atoms with E-state index in [1.807, 2.05) is 26.8 Å². The lowest BCUT2D eigenvalue weighted by Crippen LogP contribution is -2.13. The summed E-state index contributed by atoms with van der Waals surface area (Å²) in [5.41, 5.74) is 2.24. The van der Waals surface area contributed by atoms with Crippen molar-refractivity contribution in [3.05, 3.63) is 28.3 Å². The number of anilines is 1. The molecule has 0 radical (unpaired) electrons. The number of hydrogen-bond acceptors (Lipinski definition) is 3. The van der Waals surface area contributed by atoms with Gasteiger partial charge in [0.25, 0.3) is 0 Å². The Labute approximate surface area is 130 Å². The van der Waals surface area contributed by atoms with E-state index in [4.69, 9.17) is 16.3 Å². The molecular weight excluding hydrogens is 290 g/mol. The van der Waals surface area contributed by atoms with E-state index in [2.05, 4.69) is 5.32 Å². The molecule has 21 heavy (non-hydrogen) atoms. The van der Waals surface area contributed by atoms with Crippen LogP contribution in [0.5, 0.6) is 0 Å². The topological polar surface area (TPSA) is 55.4 Å². The first-order valence-corrected chi connectivity index (χ1v) is 7.60. The van der Waals surface area contributed by atoms with Gasteiger partial charge in [-0.15, -0.1) is 0 Å². The van der Waals surface area contributed by atoms with Crippen molar-refractivity contribution in [3.8, 4) is 0 Å². The summed E-state index contributed by atoms with van der Waals surface area (Å²) in [5.74, 6) is -0.311. The fourth-order valence-electron chi connectivity index (χ4n) is 1.85. The monoisotopic (exact) mass is 311 g/mol. The number of esters is 1. The summed E-state index contributed by atoms with van der Waals surface area (Å²) >= 11 is 6.10. The van der Waals surface area contributed by atoms with Crippen LogP contribution in [0, 0.1) is 6.92 Å². The Morgan fingerprint density at radius 1 is 1.19 bits per heavy atom. The molecule has 0 atom stereocenters. The van der Waals surface area contributed by atoms with Crippen molar-refractivity contribution in [3.63, 3.8) is 0 Å². The van der Waals surface area contributed by atoms with Crippen LogP contribution in [0.3, 0.4) is 0 Å². The number of halogens is 1. The first-order chi connectivity index (χ1) is 9.97. The summed E-state index contributed by atoms with van der Waals surface area (Å²) in [6.45, 7) is 5.87. The van der Waals surface area contributed by atoms with Crippen molar-refractivity contribution in [1.29, 1.82) is 0 Å². The summed E-state index contributed by atoms with van der Waals surface area (Å²) in [6.07, 6.45) is 2.36. The number of benzene rings is 1. The van der Waals surface area contributed by atoms with Crippen LogP contribution in [0.1, 0.15) is 50.7 Å². The Morgan fingerprint density at radius 3 is 2.48 bits per heavy atom. The fraction of sp³-hybridized carbons (Fsp3) is 0.500. The molecule has 5 heteroatoms. The van der Waals surface area contributed by atoms with E-state index in [-0.39, 0.29) is 18.5 Å². The van der Waals surface area contributed by atoms with E-state index in [1.54, 1.807) is 6.07 Å². The number of ether oxygens (including phenoxy) is 1. The number of hydrogen-bond donors (Lipinski definition) is 1. The summed E-state index contributed by atoms with van der Waals surface area (Å²) in [5, 5.41) is 3.40. The van der Waals surface area contributed by atoms with Gasteiger partial charge in [-0.1, -0.05) is 25.4 Å². The Morgan fingerprint density at radius 2 is 1.86 bits per heavy atom. The van der Waals surface area contributed by atoms with E-state index < -0.39 is 0 Å². The van der Waals surface area contributed by atoms with Crippen LogP contribution >= 0.6 is 11.6 Å². The normalized spacial score (nSPS) is 10.3. The van der Waals surface area contributed by atoms with Gasteiger partial charge in [-0.3, -0.25) is 9.59 Å². The lowest BCUT2D eigenvalue weighted by molar-refractivity contribution is -0.144. The number of carbonyl (C=O) groups is 2. The second kappa shape index (κ2) is 8.67. The smallest absolute Gasteiger partial charge is 0.306 e. The van der Waals surface area contributed by atoms with Gasteiger partial charge in [0.1, 0.15) is 6.61 Å². The van der Waals surface area contributed by atoms with E-state index in [1.165, 1.54) is 0 Å². The minimum atomic E-state index is -0.240. The fourth-order valence-corrected chi connectivity index (χ4v) is 2.02. The van der Waals surface area contributed by atoms with E-state index >= 15 is 0 Å². The average Bonchev–Trinajstić information content (AvgIpc) is 2.41. The molecule has 1 aromatic rings. The second-order valence-corrected chi connectivity index (χ2v) is 5.37. The first-order valence-electron chi connectivity index (χ1n) is 7.22. The highest BCUT2D eigenvalue weighted by Gasteiger charge is 2.11.